The molecule has 0 amide bonds. The SMILES string of the molecule is CCCCCCCCc1ccc2c3ccc(N)c4cccc(c5cccc1c52)c43. The molecule has 0 saturated heterocycles. The van der Waals surface area contributed by atoms with Gasteiger partial charge in [0.15, 0.2) is 0 Å². The number of anilines is 1. The molecule has 1 nitrogen and oxygen atoms in total. The fourth-order valence-electron chi connectivity index (χ4n) is 5.11. The Kier molecular flexibility index (Phi) is 4.75. The zero-order valence-corrected chi connectivity index (χ0v) is 17.3. The number of nitrogens with two attached hydrogens (primary N) is 1. The van der Waals surface area contributed by atoms with Crippen molar-refractivity contribution in [2.75, 3.05) is 5.73 Å². The van der Waals surface area contributed by atoms with Gasteiger partial charge in [0.2, 0.25) is 0 Å². The molecule has 1 heteroatoms. The van der Waals surface area contributed by atoms with Gasteiger partial charge in [0.05, 0.1) is 0 Å². The summed E-state index contributed by atoms with van der Waals surface area (Å²) in [6.07, 6.45) is 9.22. The Hall–Kier alpha value is -2.80. The van der Waals surface area contributed by atoms with Crippen molar-refractivity contribution in [3.8, 4) is 0 Å². The second kappa shape index (κ2) is 7.55. The van der Waals surface area contributed by atoms with Crippen LogP contribution in [0.4, 0.5) is 5.69 Å². The Bertz CT molecular complexity index is 1280. The van der Waals surface area contributed by atoms with E-state index in [1.807, 2.05) is 0 Å². The Labute approximate surface area is 172 Å². The molecular formula is C28H29N. The molecule has 0 heterocycles. The summed E-state index contributed by atoms with van der Waals surface area (Å²) in [5.41, 5.74) is 8.67. The molecule has 5 aromatic carbocycles. The van der Waals surface area contributed by atoms with Crippen molar-refractivity contribution in [3.05, 3.63) is 66.2 Å². The molecule has 0 aliphatic rings. The minimum Gasteiger partial charge on any atom is -0.398 e. The summed E-state index contributed by atoms with van der Waals surface area (Å²) >= 11 is 0. The number of hydrogen-bond donors (Lipinski definition) is 1. The molecule has 29 heavy (non-hydrogen) atoms. The third-order valence-electron chi connectivity index (χ3n) is 6.59. The summed E-state index contributed by atoms with van der Waals surface area (Å²) in [6, 6.07) is 22.3. The van der Waals surface area contributed by atoms with Crippen molar-refractivity contribution in [2.24, 2.45) is 0 Å². The normalized spacial score (nSPS) is 12.0. The van der Waals surface area contributed by atoms with Gasteiger partial charge in [0.1, 0.15) is 0 Å². The molecule has 0 aliphatic heterocycles. The van der Waals surface area contributed by atoms with Crippen LogP contribution in [0.2, 0.25) is 0 Å². The highest BCUT2D eigenvalue weighted by molar-refractivity contribution is 6.34. The fourth-order valence-corrected chi connectivity index (χ4v) is 5.11. The molecule has 0 fully saturated rings. The van der Waals surface area contributed by atoms with Gasteiger partial charge in [-0.1, -0.05) is 93.6 Å². The lowest BCUT2D eigenvalue weighted by molar-refractivity contribution is 0.608. The van der Waals surface area contributed by atoms with Crippen LogP contribution in [0, 0.1) is 0 Å². The van der Waals surface area contributed by atoms with Crippen LogP contribution < -0.4 is 5.73 Å². The van der Waals surface area contributed by atoms with Crippen molar-refractivity contribution in [1.82, 2.24) is 0 Å². The van der Waals surface area contributed by atoms with Crippen LogP contribution in [0.3, 0.4) is 0 Å². The Morgan fingerprint density at radius 2 is 1.10 bits per heavy atom. The Morgan fingerprint density at radius 1 is 0.552 bits per heavy atom. The molecule has 2 N–H and O–H groups in total. The van der Waals surface area contributed by atoms with Crippen LogP contribution in [-0.2, 0) is 6.42 Å². The number of rotatable bonds is 7. The van der Waals surface area contributed by atoms with Crippen LogP contribution in [0.25, 0.3) is 43.1 Å². The van der Waals surface area contributed by atoms with Crippen LogP contribution >= 0.6 is 0 Å². The molecular weight excluding hydrogens is 350 g/mol. The number of aryl methyl sites for hydroxylation is 1. The second-order valence-corrected chi connectivity index (χ2v) is 8.45. The molecule has 0 atom stereocenters. The number of unbranched alkanes of at least 4 members (excludes halogenated alkanes) is 5. The number of hydrogen-bond acceptors (Lipinski definition) is 1. The second-order valence-electron chi connectivity index (χ2n) is 8.45. The van der Waals surface area contributed by atoms with E-state index in [2.05, 4.69) is 67.6 Å². The van der Waals surface area contributed by atoms with E-state index < -0.39 is 0 Å². The molecule has 0 bridgehead atoms. The van der Waals surface area contributed by atoms with Crippen LogP contribution in [-0.4, -0.2) is 0 Å². The van der Waals surface area contributed by atoms with E-state index in [0.717, 1.165) is 5.69 Å². The average molecular weight is 380 g/mol. The number of fused-ring (bicyclic) bond motifs is 2. The van der Waals surface area contributed by atoms with E-state index in [1.54, 1.807) is 0 Å². The van der Waals surface area contributed by atoms with E-state index in [0.29, 0.717) is 0 Å². The van der Waals surface area contributed by atoms with Crippen LogP contribution in [0.1, 0.15) is 51.0 Å². The van der Waals surface area contributed by atoms with E-state index in [1.165, 1.54) is 93.6 Å². The lowest BCUT2D eigenvalue weighted by Gasteiger charge is -2.17. The minimum atomic E-state index is 0.862. The highest BCUT2D eigenvalue weighted by atomic mass is 14.5. The summed E-state index contributed by atoms with van der Waals surface area (Å²) < 4.78 is 0. The zero-order valence-electron chi connectivity index (χ0n) is 17.3. The smallest absolute Gasteiger partial charge is 0.0394 e. The third kappa shape index (κ3) is 3.00. The number of nitrogen functional groups attached to an aromatic ring is 1. The first-order valence-electron chi connectivity index (χ1n) is 11.2. The molecule has 146 valence electrons. The summed E-state index contributed by atoms with van der Waals surface area (Å²) in [5, 5.41) is 10.7. The van der Waals surface area contributed by atoms with Gasteiger partial charge in [0.25, 0.3) is 0 Å². The maximum Gasteiger partial charge on any atom is 0.0394 e. The van der Waals surface area contributed by atoms with Gasteiger partial charge in [-0.2, -0.15) is 0 Å². The molecule has 0 radical (unpaired) electrons. The van der Waals surface area contributed by atoms with Crippen molar-refractivity contribution >= 4 is 48.8 Å². The highest BCUT2D eigenvalue weighted by Crippen LogP contribution is 2.42. The van der Waals surface area contributed by atoms with Crippen LogP contribution in [0.15, 0.2) is 60.7 Å². The van der Waals surface area contributed by atoms with Gasteiger partial charge in [-0.25, -0.2) is 0 Å². The van der Waals surface area contributed by atoms with E-state index in [9.17, 15) is 0 Å². The fraction of sp³-hybridized carbons (Fsp3) is 0.286. The molecule has 0 saturated carbocycles. The van der Waals surface area contributed by atoms with Gasteiger partial charge < -0.3 is 5.73 Å². The van der Waals surface area contributed by atoms with Crippen LogP contribution in [0.5, 0.6) is 0 Å². The van der Waals surface area contributed by atoms with Crippen molar-refractivity contribution in [2.45, 2.75) is 51.9 Å². The summed E-state index contributed by atoms with van der Waals surface area (Å²) in [7, 11) is 0. The Balaban J connectivity index is 1.65. The van der Waals surface area contributed by atoms with Crippen molar-refractivity contribution in [3.63, 3.8) is 0 Å². The van der Waals surface area contributed by atoms with Gasteiger partial charge in [-0.05, 0) is 62.2 Å². The van der Waals surface area contributed by atoms with E-state index in [-0.39, 0.29) is 0 Å². The monoisotopic (exact) mass is 379 g/mol. The zero-order chi connectivity index (χ0) is 19.8. The maximum atomic E-state index is 6.31. The third-order valence-corrected chi connectivity index (χ3v) is 6.59. The van der Waals surface area contributed by atoms with Gasteiger partial charge in [-0.15, -0.1) is 0 Å². The van der Waals surface area contributed by atoms with Crippen molar-refractivity contribution in [1.29, 1.82) is 0 Å². The summed E-state index contributed by atoms with van der Waals surface area (Å²) in [5.74, 6) is 0. The standard InChI is InChI=1S/C28H29N/c1-2-3-4-5-6-7-10-19-15-16-23-24-17-18-26(29)25-14-9-13-22(28(24)25)21-12-8-11-20(19)27(21)23/h8-9,11-18H,2-7,10,29H2,1H3. The first-order valence-corrected chi connectivity index (χ1v) is 11.2. The average Bonchev–Trinajstić information content (AvgIpc) is 2.76. The predicted octanol–water partition coefficient (Wildman–Crippen LogP) is 8.22. The topological polar surface area (TPSA) is 26.0 Å². The van der Waals surface area contributed by atoms with E-state index >= 15 is 0 Å². The summed E-state index contributed by atoms with van der Waals surface area (Å²) in [4.78, 5) is 0. The molecule has 5 rings (SSSR count). The Morgan fingerprint density at radius 3 is 1.86 bits per heavy atom. The minimum absolute atomic E-state index is 0.862. The molecule has 0 aromatic heterocycles. The predicted molar refractivity (Wildman–Crippen MR) is 129 cm³/mol. The van der Waals surface area contributed by atoms with Gasteiger partial charge >= 0.3 is 0 Å². The maximum absolute atomic E-state index is 6.31. The quantitative estimate of drug-likeness (QED) is 0.131. The van der Waals surface area contributed by atoms with Gasteiger partial charge in [-0.3, -0.25) is 0 Å². The lowest BCUT2D eigenvalue weighted by atomic mass is 9.87. The summed E-state index contributed by atoms with van der Waals surface area (Å²) in [6.45, 7) is 2.28. The lowest BCUT2D eigenvalue weighted by Crippen LogP contribution is -1.93. The number of benzene rings is 5. The first kappa shape index (κ1) is 18.2. The molecule has 5 aromatic rings. The molecule has 0 unspecified atom stereocenters. The van der Waals surface area contributed by atoms with Crippen molar-refractivity contribution < 1.29 is 0 Å². The molecule has 0 spiro atoms. The molecule has 0 aliphatic carbocycles. The van der Waals surface area contributed by atoms with E-state index in [4.69, 9.17) is 5.73 Å². The highest BCUT2D eigenvalue weighted by Gasteiger charge is 2.15. The first-order chi connectivity index (χ1) is 14.3. The largest absolute Gasteiger partial charge is 0.398 e. The van der Waals surface area contributed by atoms with Gasteiger partial charge in [0, 0.05) is 11.1 Å².